The van der Waals surface area contributed by atoms with E-state index in [2.05, 4.69) is 29.4 Å². The van der Waals surface area contributed by atoms with Crippen LogP contribution < -0.4 is 10.6 Å². The number of piperazine rings is 1. The Balaban J connectivity index is 0.00000182. The van der Waals surface area contributed by atoms with Gasteiger partial charge in [0.15, 0.2) is 0 Å². The molecule has 8 heteroatoms. The highest BCUT2D eigenvalue weighted by Crippen LogP contribution is 2.23. The predicted octanol–water partition coefficient (Wildman–Crippen LogP) is 1.52. The third-order valence-electron chi connectivity index (χ3n) is 6.26. The largest absolute Gasteiger partial charge is 0.352 e. The van der Waals surface area contributed by atoms with Crippen LogP contribution in [0.5, 0.6) is 0 Å². The molecule has 3 unspecified atom stereocenters. The van der Waals surface area contributed by atoms with E-state index < -0.39 is 0 Å². The van der Waals surface area contributed by atoms with Crippen molar-refractivity contribution in [3.05, 3.63) is 0 Å². The van der Waals surface area contributed by atoms with Crippen molar-refractivity contribution >= 4 is 36.6 Å². The first kappa shape index (κ1) is 24.5. The number of hydrogen-bond donors (Lipinski definition) is 2. The molecule has 1 saturated carbocycles. The maximum absolute atomic E-state index is 12.6. The van der Waals surface area contributed by atoms with E-state index in [1.54, 1.807) is 0 Å². The van der Waals surface area contributed by atoms with Gasteiger partial charge in [-0.05, 0) is 37.8 Å². The summed E-state index contributed by atoms with van der Waals surface area (Å²) < 4.78 is 0. The highest BCUT2D eigenvalue weighted by atomic mass is 35.5. The molecule has 158 valence electrons. The van der Waals surface area contributed by atoms with Crippen LogP contribution in [-0.4, -0.2) is 73.5 Å². The second-order valence-corrected chi connectivity index (χ2v) is 8.34. The molecule has 0 spiro atoms. The summed E-state index contributed by atoms with van der Waals surface area (Å²) in [6.45, 7) is 9.82. The number of nitrogens with zero attached hydrogens (tertiary/aromatic N) is 2. The van der Waals surface area contributed by atoms with Crippen LogP contribution in [0.4, 0.5) is 0 Å². The Kier molecular flexibility index (Phi) is 10.4. The van der Waals surface area contributed by atoms with Gasteiger partial charge in [-0.15, -0.1) is 24.8 Å². The number of halogens is 2. The molecule has 0 aromatic carbocycles. The molecule has 3 fully saturated rings. The Bertz CT molecular complexity index is 482. The van der Waals surface area contributed by atoms with E-state index in [-0.39, 0.29) is 42.5 Å². The van der Waals surface area contributed by atoms with Crippen LogP contribution in [-0.2, 0) is 9.59 Å². The third-order valence-corrected chi connectivity index (χ3v) is 6.26. The third kappa shape index (κ3) is 6.77. The smallest absolute Gasteiger partial charge is 0.234 e. The summed E-state index contributed by atoms with van der Waals surface area (Å²) in [5.74, 6) is 1.76. The number of amides is 2. The summed E-state index contributed by atoms with van der Waals surface area (Å²) in [6.07, 6.45) is 4.74. The number of carbonyl (C=O) groups excluding carboxylic acids is 2. The minimum Gasteiger partial charge on any atom is -0.352 e. The molecule has 0 aromatic rings. The fourth-order valence-corrected chi connectivity index (χ4v) is 4.32. The summed E-state index contributed by atoms with van der Waals surface area (Å²) >= 11 is 0. The average Bonchev–Trinajstić information content (AvgIpc) is 2.53. The second kappa shape index (κ2) is 11.4. The normalized spacial score (nSPS) is 27.6. The van der Waals surface area contributed by atoms with Crippen molar-refractivity contribution < 1.29 is 9.59 Å². The predicted molar refractivity (Wildman–Crippen MR) is 113 cm³/mol. The van der Waals surface area contributed by atoms with Crippen molar-refractivity contribution in [3.63, 3.8) is 0 Å². The number of hydrogen-bond acceptors (Lipinski definition) is 4. The SMILES string of the molecule is CC1CCCC(NC(=O)CN2CCN(C(=O)C(C)C3CNC3)CC2)C1.Cl.Cl. The van der Waals surface area contributed by atoms with Crippen LogP contribution in [0.15, 0.2) is 0 Å². The van der Waals surface area contributed by atoms with E-state index in [4.69, 9.17) is 0 Å². The van der Waals surface area contributed by atoms with Gasteiger partial charge < -0.3 is 15.5 Å². The van der Waals surface area contributed by atoms with Crippen molar-refractivity contribution in [1.29, 1.82) is 0 Å². The first-order chi connectivity index (χ1) is 12.0. The zero-order valence-corrected chi connectivity index (χ0v) is 18.2. The number of nitrogens with one attached hydrogen (secondary N) is 2. The summed E-state index contributed by atoms with van der Waals surface area (Å²) in [6, 6.07) is 0.357. The van der Waals surface area contributed by atoms with Gasteiger partial charge in [0.2, 0.25) is 11.8 Å². The van der Waals surface area contributed by atoms with Crippen LogP contribution in [0.1, 0.15) is 39.5 Å². The zero-order chi connectivity index (χ0) is 17.8. The Labute approximate surface area is 176 Å². The van der Waals surface area contributed by atoms with Crippen LogP contribution in [0.25, 0.3) is 0 Å². The van der Waals surface area contributed by atoms with Gasteiger partial charge in [0.1, 0.15) is 0 Å². The van der Waals surface area contributed by atoms with Crippen LogP contribution in [0.2, 0.25) is 0 Å². The van der Waals surface area contributed by atoms with E-state index in [9.17, 15) is 9.59 Å². The Morgan fingerprint density at radius 3 is 2.33 bits per heavy atom. The molecule has 2 amide bonds. The maximum atomic E-state index is 12.6. The van der Waals surface area contributed by atoms with Crippen molar-refractivity contribution in [1.82, 2.24) is 20.4 Å². The van der Waals surface area contributed by atoms with Crippen molar-refractivity contribution in [2.75, 3.05) is 45.8 Å². The van der Waals surface area contributed by atoms with Gasteiger partial charge in [-0.1, -0.05) is 26.7 Å². The lowest BCUT2D eigenvalue weighted by atomic mass is 9.87. The monoisotopic (exact) mass is 422 g/mol. The minimum atomic E-state index is 0. The molecule has 0 bridgehead atoms. The number of carbonyl (C=O) groups is 2. The first-order valence-corrected chi connectivity index (χ1v) is 10.0. The highest BCUT2D eigenvalue weighted by molar-refractivity contribution is 5.85. The molecule has 2 heterocycles. The van der Waals surface area contributed by atoms with Gasteiger partial charge in [-0.3, -0.25) is 14.5 Å². The molecule has 2 saturated heterocycles. The highest BCUT2D eigenvalue weighted by Gasteiger charge is 2.33. The molecular formula is C19H36Cl2N4O2. The van der Waals surface area contributed by atoms with Crippen LogP contribution >= 0.6 is 24.8 Å². The van der Waals surface area contributed by atoms with Gasteiger partial charge in [-0.25, -0.2) is 0 Å². The van der Waals surface area contributed by atoms with Crippen LogP contribution in [0, 0.1) is 17.8 Å². The van der Waals surface area contributed by atoms with E-state index >= 15 is 0 Å². The fraction of sp³-hybridized carbons (Fsp3) is 0.895. The minimum absolute atomic E-state index is 0. The summed E-state index contributed by atoms with van der Waals surface area (Å²) in [4.78, 5) is 29.0. The molecule has 1 aliphatic carbocycles. The van der Waals surface area contributed by atoms with Gasteiger partial charge in [0.05, 0.1) is 6.54 Å². The maximum Gasteiger partial charge on any atom is 0.234 e. The van der Waals surface area contributed by atoms with Crippen molar-refractivity contribution in [2.24, 2.45) is 17.8 Å². The van der Waals surface area contributed by atoms with Gasteiger partial charge in [0.25, 0.3) is 0 Å². The van der Waals surface area contributed by atoms with Gasteiger partial charge in [-0.2, -0.15) is 0 Å². The lowest BCUT2D eigenvalue weighted by Gasteiger charge is -2.39. The van der Waals surface area contributed by atoms with E-state index in [0.29, 0.717) is 18.5 Å². The molecule has 0 aromatic heterocycles. The average molecular weight is 423 g/mol. The molecular weight excluding hydrogens is 387 g/mol. The van der Waals surface area contributed by atoms with Crippen LogP contribution in [0.3, 0.4) is 0 Å². The quantitative estimate of drug-likeness (QED) is 0.704. The number of rotatable bonds is 5. The Morgan fingerprint density at radius 1 is 1.11 bits per heavy atom. The summed E-state index contributed by atoms with van der Waals surface area (Å²) in [5, 5.41) is 6.45. The molecule has 3 aliphatic rings. The van der Waals surface area contributed by atoms with E-state index in [1.165, 1.54) is 12.8 Å². The Morgan fingerprint density at radius 2 is 1.78 bits per heavy atom. The molecule has 0 radical (unpaired) electrons. The summed E-state index contributed by atoms with van der Waals surface area (Å²) in [7, 11) is 0. The Hall–Kier alpha value is -0.560. The van der Waals surface area contributed by atoms with Gasteiger partial charge in [0, 0.05) is 38.1 Å². The first-order valence-electron chi connectivity index (χ1n) is 10.0. The molecule has 2 N–H and O–H groups in total. The van der Waals surface area contributed by atoms with Crippen molar-refractivity contribution in [3.8, 4) is 0 Å². The van der Waals surface area contributed by atoms with E-state index in [0.717, 1.165) is 58.0 Å². The molecule has 2 aliphatic heterocycles. The van der Waals surface area contributed by atoms with Gasteiger partial charge >= 0.3 is 0 Å². The lowest BCUT2D eigenvalue weighted by molar-refractivity contribution is -0.139. The molecule has 3 rings (SSSR count). The fourth-order valence-electron chi connectivity index (χ4n) is 4.32. The molecule has 3 atom stereocenters. The second-order valence-electron chi connectivity index (χ2n) is 8.34. The topological polar surface area (TPSA) is 64.7 Å². The van der Waals surface area contributed by atoms with Crippen molar-refractivity contribution in [2.45, 2.75) is 45.6 Å². The molecule has 27 heavy (non-hydrogen) atoms. The summed E-state index contributed by atoms with van der Waals surface area (Å²) in [5.41, 5.74) is 0. The molecule has 6 nitrogen and oxygen atoms in total. The lowest BCUT2D eigenvalue weighted by Crippen LogP contribution is -2.55. The zero-order valence-electron chi connectivity index (χ0n) is 16.6. The standard InChI is InChI=1S/C19H34N4O2.2ClH/c1-14-4-3-5-17(10-14)21-18(24)13-22-6-8-23(9-7-22)19(25)15(2)16-11-20-12-16;;/h14-17,20H,3-13H2,1-2H3,(H,21,24);2*1H. The van der Waals surface area contributed by atoms with E-state index in [1.807, 2.05) is 4.90 Å².